The highest BCUT2D eigenvalue weighted by molar-refractivity contribution is 8.14. The Morgan fingerprint density at radius 3 is 1.70 bits per heavy atom. The summed E-state index contributed by atoms with van der Waals surface area (Å²) in [5.74, 6) is 0.318. The molecule has 0 radical (unpaired) electrons. The lowest BCUT2D eigenvalue weighted by Gasteiger charge is -2.46. The highest BCUT2D eigenvalue weighted by Crippen LogP contribution is 2.43. The molecule has 0 bridgehead atoms. The maximum atomic E-state index is 14.2. The van der Waals surface area contributed by atoms with Crippen LogP contribution in [0.25, 0.3) is 0 Å². The molecule has 0 aliphatic heterocycles. The Balaban J connectivity index is 2.20. The minimum absolute atomic E-state index is 0.0348. The molecule has 0 unspecified atom stereocenters. The summed E-state index contributed by atoms with van der Waals surface area (Å²) in [6.07, 6.45) is 0.210. The molecule has 3 aromatic rings. The van der Waals surface area contributed by atoms with Gasteiger partial charge in [0.1, 0.15) is 18.1 Å². The summed E-state index contributed by atoms with van der Waals surface area (Å²) in [4.78, 5) is 39.2. The number of esters is 1. The van der Waals surface area contributed by atoms with E-state index in [-0.39, 0.29) is 45.5 Å². The highest BCUT2D eigenvalue weighted by atomic mass is 32.2. The normalized spacial score (nSPS) is 14.9. The van der Waals surface area contributed by atoms with Crippen LogP contribution in [-0.4, -0.2) is 70.3 Å². The van der Waals surface area contributed by atoms with Crippen LogP contribution in [0.4, 0.5) is 0 Å². The molecule has 348 valence electrons. The molecule has 0 fully saturated rings. The molecule has 8 nitrogen and oxygen atoms in total. The predicted molar refractivity (Wildman–Crippen MR) is 266 cm³/mol. The van der Waals surface area contributed by atoms with E-state index >= 15 is 0 Å². The van der Waals surface area contributed by atoms with E-state index in [9.17, 15) is 14.4 Å². The first-order chi connectivity index (χ1) is 29.1. The Kier molecular flexibility index (Phi) is 19.5. The van der Waals surface area contributed by atoms with Crippen molar-refractivity contribution < 1.29 is 37.4 Å². The van der Waals surface area contributed by atoms with Gasteiger partial charge in [0.25, 0.3) is 8.32 Å². The minimum atomic E-state index is -3.15. The van der Waals surface area contributed by atoms with E-state index in [1.165, 1.54) is 18.7 Å². The van der Waals surface area contributed by atoms with Gasteiger partial charge >= 0.3 is 5.97 Å². The second-order valence-electron chi connectivity index (χ2n) is 21.0. The Labute approximate surface area is 386 Å². The standard InChI is InChI=1S/C52H78O8SSi2/c1-38(33-42(31-32-53)59-62(15,16)50(6,7)8)52(12,13)47(58-39(2)54)35-43(57-37-40-27-29-41(56-14)30-28-40)34-44(36-48(55)61-49(3,4)5)60-63(51(9,10)11,45-23-19-17-20-24-45)46-25-21-18-22-26-46/h17-30,32,42-44,47H,1,31,33-37H2,2-16H3/t42-,43-,44-,47+/m1/s1. The number of rotatable bonds is 23. The van der Waals surface area contributed by atoms with Crippen LogP contribution >= 0.6 is 11.8 Å². The fourth-order valence-electron chi connectivity index (χ4n) is 7.71. The van der Waals surface area contributed by atoms with E-state index in [1.54, 1.807) is 7.11 Å². The van der Waals surface area contributed by atoms with Gasteiger partial charge in [0, 0.05) is 36.3 Å². The van der Waals surface area contributed by atoms with Gasteiger partial charge in [0.15, 0.2) is 13.4 Å². The first-order valence-electron chi connectivity index (χ1n) is 22.4. The van der Waals surface area contributed by atoms with E-state index in [4.69, 9.17) is 23.1 Å². The van der Waals surface area contributed by atoms with Gasteiger partial charge in [-0.1, -0.05) is 173 Å². The summed E-state index contributed by atoms with van der Waals surface area (Å²) in [7, 11) is -3.76. The molecule has 3 rings (SSSR count). The van der Waals surface area contributed by atoms with E-state index in [0.717, 1.165) is 33.5 Å². The topological polar surface area (TPSA) is 97.4 Å². The monoisotopic (exact) mass is 918 g/mol. The van der Waals surface area contributed by atoms with Gasteiger partial charge in [-0.15, -0.1) is 0 Å². The van der Waals surface area contributed by atoms with Crippen LogP contribution in [0.3, 0.4) is 0 Å². The van der Waals surface area contributed by atoms with Gasteiger partial charge < -0.3 is 27.9 Å². The number of aldehydes is 1. The zero-order chi connectivity index (χ0) is 47.4. The Hall–Kier alpha value is -3.33. The number of carbonyl (C=O) groups is 3. The molecule has 3 aromatic carbocycles. The van der Waals surface area contributed by atoms with Gasteiger partial charge in [-0.2, -0.15) is 0 Å². The van der Waals surface area contributed by atoms with Crippen LogP contribution in [0.5, 0.6) is 5.75 Å². The number of benzene rings is 3. The fourth-order valence-corrected chi connectivity index (χ4v) is 14.7. The second-order valence-corrected chi connectivity index (χ2v) is 31.9. The largest absolute Gasteiger partial charge is 0.497 e. The quantitative estimate of drug-likeness (QED) is 0.0399. The summed E-state index contributed by atoms with van der Waals surface area (Å²) in [6.45, 7) is 34.1. The first-order valence-corrected chi connectivity index (χ1v) is 28.0. The van der Waals surface area contributed by atoms with Crippen LogP contribution in [0.2, 0.25) is 23.2 Å². The van der Waals surface area contributed by atoms with Crippen molar-refractivity contribution in [1.29, 1.82) is 0 Å². The summed E-state index contributed by atoms with van der Waals surface area (Å²) in [6, 6.07) is 28.6. The molecular formula is C52H78O8SSi2. The molecule has 0 aliphatic carbocycles. The number of thioether (sulfide) groups is 1. The van der Waals surface area contributed by atoms with Gasteiger partial charge in [-0.25, -0.2) is 0 Å². The molecule has 11 heteroatoms. The van der Waals surface area contributed by atoms with Crippen molar-refractivity contribution in [2.45, 2.75) is 174 Å². The fraction of sp³-hybridized carbons (Fsp3) is 0.558. The maximum absolute atomic E-state index is 14.2. The third-order valence-corrected chi connectivity index (χ3v) is 23.0. The molecule has 4 atom stereocenters. The van der Waals surface area contributed by atoms with Gasteiger partial charge in [-0.3, -0.25) is 9.59 Å². The molecule has 63 heavy (non-hydrogen) atoms. The molecular weight excluding hydrogens is 841 g/mol. The zero-order valence-electron chi connectivity index (χ0n) is 41.1. The van der Waals surface area contributed by atoms with E-state index < -0.39 is 46.3 Å². The van der Waals surface area contributed by atoms with Crippen molar-refractivity contribution in [2.24, 2.45) is 5.41 Å². The highest BCUT2D eigenvalue weighted by Gasteiger charge is 2.52. The Morgan fingerprint density at radius 2 is 1.25 bits per heavy atom. The smallest absolute Gasteiger partial charge is 0.302 e. The SMILES string of the molecule is C=C(C[C@@H](CC=O)O[Si](C)(C)C(C)(C)C)C(C)(C)[C@H](C[C@@H](C[C@H](CC(=O)SC(C)(C)C)O[Si](c1ccccc1)(c1ccccc1)C(C)(C)C)OCc1ccc(OC)cc1)OC(C)=O. The predicted octanol–water partition coefficient (Wildman–Crippen LogP) is 11.6. The molecule has 0 aromatic heterocycles. The first kappa shape index (κ1) is 54.0. The van der Waals surface area contributed by atoms with Crippen molar-refractivity contribution in [2.75, 3.05) is 7.11 Å². The Morgan fingerprint density at radius 1 is 0.714 bits per heavy atom. The van der Waals surface area contributed by atoms with Crippen LogP contribution in [0.15, 0.2) is 97.1 Å². The average Bonchev–Trinajstić information content (AvgIpc) is 3.17. The van der Waals surface area contributed by atoms with Crippen LogP contribution in [0, 0.1) is 5.41 Å². The molecule has 0 saturated carbocycles. The van der Waals surface area contributed by atoms with Crippen molar-refractivity contribution in [3.63, 3.8) is 0 Å². The van der Waals surface area contributed by atoms with Gasteiger partial charge in [-0.05, 0) is 64.1 Å². The summed E-state index contributed by atoms with van der Waals surface area (Å²) in [5, 5.41) is 1.85. The van der Waals surface area contributed by atoms with Gasteiger partial charge in [0.05, 0.1) is 32.0 Å². The third kappa shape index (κ3) is 15.7. The van der Waals surface area contributed by atoms with E-state index in [2.05, 4.69) is 110 Å². The van der Waals surface area contributed by atoms with Crippen molar-refractivity contribution in [1.82, 2.24) is 0 Å². The third-order valence-electron chi connectivity index (χ3n) is 12.3. The van der Waals surface area contributed by atoms with E-state index in [0.29, 0.717) is 19.3 Å². The average molecular weight is 919 g/mol. The van der Waals surface area contributed by atoms with E-state index in [1.807, 2.05) is 71.0 Å². The summed E-state index contributed by atoms with van der Waals surface area (Å²) >= 11 is 1.33. The lowest BCUT2D eigenvalue weighted by Crippen LogP contribution is -2.68. The molecule has 0 spiro atoms. The molecule has 0 N–H and O–H groups in total. The molecule has 0 saturated heterocycles. The lowest BCUT2D eigenvalue weighted by atomic mass is 9.75. The second kappa shape index (κ2) is 22.7. The number of ether oxygens (including phenoxy) is 3. The van der Waals surface area contributed by atoms with Crippen molar-refractivity contribution >= 4 is 56.1 Å². The number of methoxy groups -OCH3 is 1. The van der Waals surface area contributed by atoms with Crippen molar-refractivity contribution in [3.8, 4) is 5.75 Å². The van der Waals surface area contributed by atoms with Gasteiger partial charge in [0.2, 0.25) is 0 Å². The Bertz CT molecular complexity index is 1870. The summed E-state index contributed by atoms with van der Waals surface area (Å²) in [5.41, 5.74) is 0.985. The molecule has 0 aliphatic rings. The van der Waals surface area contributed by atoms with Crippen LogP contribution in [-0.2, 0) is 39.3 Å². The number of hydrogen-bond acceptors (Lipinski definition) is 9. The molecule has 0 heterocycles. The van der Waals surface area contributed by atoms with Crippen molar-refractivity contribution in [3.05, 3.63) is 103 Å². The van der Waals surface area contributed by atoms with Crippen LogP contribution in [0.1, 0.15) is 121 Å². The number of carbonyl (C=O) groups excluding carboxylic acids is 3. The number of hydrogen-bond donors (Lipinski definition) is 0. The minimum Gasteiger partial charge on any atom is -0.497 e. The lowest BCUT2D eigenvalue weighted by molar-refractivity contribution is -0.154. The molecule has 0 amide bonds. The maximum Gasteiger partial charge on any atom is 0.302 e. The summed E-state index contributed by atoms with van der Waals surface area (Å²) < 4.78 is 32.9. The van der Waals surface area contributed by atoms with Crippen LogP contribution < -0.4 is 15.1 Å². The zero-order valence-corrected chi connectivity index (χ0v) is 43.9.